The second-order valence-corrected chi connectivity index (χ2v) is 3.46. The van der Waals surface area contributed by atoms with E-state index in [-0.39, 0.29) is 11.4 Å². The first-order chi connectivity index (χ1) is 7.52. The molecule has 2 rings (SSSR count). The molecule has 4 nitrogen and oxygen atoms in total. The van der Waals surface area contributed by atoms with Gasteiger partial charge >= 0.3 is 0 Å². The van der Waals surface area contributed by atoms with Crippen LogP contribution in [-0.4, -0.2) is 15.3 Å². The number of nitrogens with two attached hydrogens (primary N) is 1. The van der Waals surface area contributed by atoms with Crippen molar-refractivity contribution in [3.8, 4) is 16.9 Å². The van der Waals surface area contributed by atoms with Gasteiger partial charge in [0.15, 0.2) is 5.82 Å². The minimum Gasteiger partial charge on any atom is -0.506 e. The lowest BCUT2D eigenvalue weighted by molar-refractivity contribution is 0.462. The van der Waals surface area contributed by atoms with Crippen LogP contribution in [0.4, 0.5) is 14.6 Å². The summed E-state index contributed by atoms with van der Waals surface area (Å²) >= 11 is 5.46. The van der Waals surface area contributed by atoms with Gasteiger partial charge in [-0.2, -0.15) is 5.10 Å². The predicted octanol–water partition coefficient (Wildman–Crippen LogP) is 2.30. The molecule has 0 aliphatic rings. The number of anilines is 1. The Bertz CT molecular complexity index is 556. The molecule has 0 atom stereocenters. The lowest BCUT2D eigenvalue weighted by atomic mass is 10.1. The van der Waals surface area contributed by atoms with Crippen molar-refractivity contribution in [3.63, 3.8) is 0 Å². The fourth-order valence-corrected chi connectivity index (χ4v) is 1.47. The molecule has 16 heavy (non-hydrogen) atoms. The van der Waals surface area contributed by atoms with Crippen molar-refractivity contribution in [2.75, 3.05) is 5.73 Å². The maximum Gasteiger partial charge on any atom is 0.156 e. The van der Waals surface area contributed by atoms with Crippen molar-refractivity contribution in [1.82, 2.24) is 10.2 Å². The van der Waals surface area contributed by atoms with E-state index in [1.54, 1.807) is 0 Å². The summed E-state index contributed by atoms with van der Waals surface area (Å²) in [4.78, 5) is 0. The fraction of sp³-hybridized carbons (Fsp3) is 0. The number of nitrogens with one attached hydrogen (secondary N) is 1. The number of hydrogen-bond donors (Lipinski definition) is 3. The van der Waals surface area contributed by atoms with Gasteiger partial charge in [0.25, 0.3) is 0 Å². The van der Waals surface area contributed by atoms with Crippen LogP contribution in [0.3, 0.4) is 0 Å². The smallest absolute Gasteiger partial charge is 0.156 e. The molecule has 0 bridgehead atoms. The molecular formula is C9H6ClF2N3O. The number of H-pyrrole nitrogens is 1. The van der Waals surface area contributed by atoms with E-state index in [0.717, 1.165) is 0 Å². The maximum absolute atomic E-state index is 13.6. The average molecular weight is 246 g/mol. The number of aromatic hydroxyl groups is 1. The van der Waals surface area contributed by atoms with Gasteiger partial charge in [-0.15, -0.1) is 0 Å². The zero-order valence-corrected chi connectivity index (χ0v) is 8.52. The van der Waals surface area contributed by atoms with E-state index < -0.39 is 28.0 Å². The van der Waals surface area contributed by atoms with Crippen molar-refractivity contribution < 1.29 is 13.9 Å². The van der Waals surface area contributed by atoms with E-state index >= 15 is 0 Å². The van der Waals surface area contributed by atoms with Gasteiger partial charge in [0.2, 0.25) is 0 Å². The van der Waals surface area contributed by atoms with Crippen molar-refractivity contribution in [2.45, 2.75) is 0 Å². The second-order valence-electron chi connectivity index (χ2n) is 3.08. The molecule has 1 aromatic heterocycles. The Kier molecular flexibility index (Phi) is 2.43. The summed E-state index contributed by atoms with van der Waals surface area (Å²) in [7, 11) is 0. The molecule has 0 saturated heterocycles. The normalized spacial score (nSPS) is 10.7. The first-order valence-corrected chi connectivity index (χ1v) is 4.56. The number of rotatable bonds is 1. The van der Waals surface area contributed by atoms with Crippen molar-refractivity contribution in [1.29, 1.82) is 0 Å². The van der Waals surface area contributed by atoms with E-state index in [2.05, 4.69) is 10.2 Å². The van der Waals surface area contributed by atoms with Crippen LogP contribution in [0.1, 0.15) is 0 Å². The summed E-state index contributed by atoms with van der Waals surface area (Å²) in [6.45, 7) is 0. The predicted molar refractivity (Wildman–Crippen MR) is 55.0 cm³/mol. The minimum atomic E-state index is -1.08. The van der Waals surface area contributed by atoms with Gasteiger partial charge in [-0.05, 0) is 0 Å². The van der Waals surface area contributed by atoms with Crippen molar-refractivity contribution in [3.05, 3.63) is 28.9 Å². The Balaban J connectivity index is 2.76. The zero-order chi connectivity index (χ0) is 11.9. The highest BCUT2D eigenvalue weighted by atomic mass is 35.5. The van der Waals surface area contributed by atoms with Crippen LogP contribution in [0.25, 0.3) is 11.1 Å². The average Bonchev–Trinajstić information content (AvgIpc) is 2.62. The quantitative estimate of drug-likeness (QED) is 0.675. The largest absolute Gasteiger partial charge is 0.506 e. The van der Waals surface area contributed by atoms with Gasteiger partial charge in [0.05, 0.1) is 11.8 Å². The Labute approximate surface area is 93.7 Å². The monoisotopic (exact) mass is 245 g/mol. The molecule has 7 heteroatoms. The number of benzene rings is 1. The van der Waals surface area contributed by atoms with Crippen LogP contribution in [0, 0.1) is 11.6 Å². The Morgan fingerprint density at radius 1 is 1.44 bits per heavy atom. The number of phenolic OH excluding ortho intramolecular Hbond substituents is 1. The molecule has 4 N–H and O–H groups in total. The van der Waals surface area contributed by atoms with Gasteiger partial charge in [0.1, 0.15) is 22.4 Å². The van der Waals surface area contributed by atoms with Gasteiger partial charge in [-0.1, -0.05) is 11.6 Å². The molecule has 84 valence electrons. The van der Waals surface area contributed by atoms with Crippen LogP contribution in [0.15, 0.2) is 12.3 Å². The number of aromatic amines is 1. The molecule has 0 unspecified atom stereocenters. The minimum absolute atomic E-state index is 0.0135. The van der Waals surface area contributed by atoms with Crippen LogP contribution in [0.2, 0.25) is 5.02 Å². The highest BCUT2D eigenvalue weighted by molar-refractivity contribution is 6.32. The Morgan fingerprint density at radius 3 is 2.69 bits per heavy atom. The highest BCUT2D eigenvalue weighted by Crippen LogP contribution is 2.37. The topological polar surface area (TPSA) is 74.9 Å². The van der Waals surface area contributed by atoms with Crippen molar-refractivity contribution in [2.24, 2.45) is 0 Å². The van der Waals surface area contributed by atoms with E-state index in [1.165, 1.54) is 6.20 Å². The standard InChI is InChI=1S/C9H6ClF2N3O/c10-7-5(16)1-4(11)6(8(7)12)3-2-14-15-9(3)13/h1-2,16H,(H3,13,14,15). The summed E-state index contributed by atoms with van der Waals surface area (Å²) in [5.41, 5.74) is 5.07. The number of halogens is 3. The summed E-state index contributed by atoms with van der Waals surface area (Å²) in [6.07, 6.45) is 1.17. The molecule has 0 aliphatic heterocycles. The molecule has 1 aromatic carbocycles. The zero-order valence-electron chi connectivity index (χ0n) is 7.76. The van der Waals surface area contributed by atoms with Gasteiger partial charge < -0.3 is 10.8 Å². The lowest BCUT2D eigenvalue weighted by Crippen LogP contribution is -1.94. The highest BCUT2D eigenvalue weighted by Gasteiger charge is 2.20. The third-order valence-electron chi connectivity index (χ3n) is 2.08. The Hall–Kier alpha value is -1.82. The van der Waals surface area contributed by atoms with Crippen LogP contribution in [-0.2, 0) is 0 Å². The van der Waals surface area contributed by atoms with Gasteiger partial charge in [0, 0.05) is 11.6 Å². The molecular weight excluding hydrogens is 240 g/mol. The first kappa shape index (κ1) is 10.7. The molecule has 0 radical (unpaired) electrons. The first-order valence-electron chi connectivity index (χ1n) is 4.18. The molecule has 0 saturated carbocycles. The van der Waals surface area contributed by atoms with Crippen molar-refractivity contribution >= 4 is 17.4 Å². The summed E-state index contributed by atoms with van der Waals surface area (Å²) in [5, 5.41) is 14.4. The van der Waals surface area contributed by atoms with E-state index in [9.17, 15) is 8.78 Å². The van der Waals surface area contributed by atoms with E-state index in [1.807, 2.05) is 0 Å². The molecule has 2 aromatic rings. The fourth-order valence-electron chi connectivity index (χ4n) is 1.32. The third kappa shape index (κ3) is 1.47. The molecule has 0 aliphatic carbocycles. The maximum atomic E-state index is 13.6. The number of phenols is 1. The Morgan fingerprint density at radius 2 is 2.12 bits per heavy atom. The van der Waals surface area contributed by atoms with Gasteiger partial charge in [-0.3, -0.25) is 5.10 Å². The molecule has 1 heterocycles. The molecule has 0 fully saturated rings. The molecule has 0 spiro atoms. The lowest BCUT2D eigenvalue weighted by Gasteiger charge is -2.06. The number of nitrogen functional groups attached to an aromatic ring is 1. The summed E-state index contributed by atoms with van der Waals surface area (Å²) in [6, 6.07) is 0.715. The van der Waals surface area contributed by atoms with Crippen LogP contribution < -0.4 is 5.73 Å². The number of hydrogen-bond acceptors (Lipinski definition) is 3. The molecule has 0 amide bonds. The van der Waals surface area contributed by atoms with E-state index in [4.69, 9.17) is 22.4 Å². The van der Waals surface area contributed by atoms with Crippen LogP contribution in [0.5, 0.6) is 5.75 Å². The number of aromatic nitrogens is 2. The van der Waals surface area contributed by atoms with Gasteiger partial charge in [-0.25, -0.2) is 8.78 Å². The number of nitrogens with zero attached hydrogens (tertiary/aromatic N) is 1. The van der Waals surface area contributed by atoms with Crippen LogP contribution >= 0.6 is 11.6 Å². The SMILES string of the molecule is Nc1[nH]ncc1-c1c(F)cc(O)c(Cl)c1F. The second kappa shape index (κ2) is 3.64. The summed E-state index contributed by atoms with van der Waals surface area (Å²) < 4.78 is 27.1. The van der Waals surface area contributed by atoms with E-state index in [0.29, 0.717) is 6.07 Å². The third-order valence-corrected chi connectivity index (χ3v) is 2.44. The summed E-state index contributed by atoms with van der Waals surface area (Å²) in [5.74, 6) is -2.69.